The maximum absolute atomic E-state index is 15.6. The van der Waals surface area contributed by atoms with Gasteiger partial charge in [-0.3, -0.25) is 9.59 Å². The molecule has 0 unspecified atom stereocenters. The molecule has 2 aromatic heterocycles. The van der Waals surface area contributed by atoms with Crippen LogP contribution in [0, 0.1) is 23.5 Å². The number of benzene rings is 4. The molecule has 83 heavy (non-hydrogen) atoms. The zero-order chi connectivity index (χ0) is 59.1. The average molecular weight is 1220 g/mol. The van der Waals surface area contributed by atoms with E-state index >= 15 is 8.78 Å². The highest BCUT2D eigenvalue weighted by atomic mass is 35.5. The lowest BCUT2D eigenvalue weighted by Gasteiger charge is -2.53. The highest BCUT2D eigenvalue weighted by Gasteiger charge is 2.57. The van der Waals surface area contributed by atoms with Crippen molar-refractivity contribution in [2.45, 2.75) is 98.4 Å². The number of halogens is 4. The first-order valence-electron chi connectivity index (χ1n) is 26.7. The van der Waals surface area contributed by atoms with Gasteiger partial charge in [-0.15, -0.1) is 0 Å². The summed E-state index contributed by atoms with van der Waals surface area (Å²) in [7, 11) is -8.23. The Labute approximate surface area is 485 Å². The van der Waals surface area contributed by atoms with E-state index in [-0.39, 0.29) is 93.4 Å². The molecule has 6 fully saturated rings. The minimum Gasteiger partial charge on any atom is -0.450 e. The summed E-state index contributed by atoms with van der Waals surface area (Å²) < 4.78 is 105. The summed E-state index contributed by atoms with van der Waals surface area (Å²) in [5.41, 5.74) is 11.8. The fourth-order valence-corrected chi connectivity index (χ4v) is 15.5. The van der Waals surface area contributed by atoms with Gasteiger partial charge in [-0.05, 0) is 118 Å². The highest BCUT2D eigenvalue weighted by Crippen LogP contribution is 2.53. The normalized spacial score (nSPS) is 24.7. The maximum Gasteiger partial charge on any atom is 0.410 e. The van der Waals surface area contributed by atoms with Crippen molar-refractivity contribution in [1.29, 1.82) is 0 Å². The second-order valence-electron chi connectivity index (χ2n) is 22.3. The fourth-order valence-electron chi connectivity index (χ4n) is 12.1. The van der Waals surface area contributed by atoms with Gasteiger partial charge in [-0.25, -0.2) is 35.2 Å². The van der Waals surface area contributed by atoms with Gasteiger partial charge in [-0.1, -0.05) is 57.8 Å². The molecule has 22 nitrogen and oxygen atoms in total. The molecule has 28 heteroatoms. The van der Waals surface area contributed by atoms with E-state index in [0.29, 0.717) is 47.4 Å². The molecule has 8 heterocycles. The lowest BCUT2D eigenvalue weighted by Crippen LogP contribution is -2.60. The Hall–Kier alpha value is -7.10. The van der Waals surface area contributed by atoms with E-state index < -0.39 is 89.7 Å². The summed E-state index contributed by atoms with van der Waals surface area (Å²) in [6.07, 6.45) is 1.83. The third-order valence-corrected chi connectivity index (χ3v) is 19.9. The summed E-state index contributed by atoms with van der Waals surface area (Å²) in [4.78, 5) is 65.5. The summed E-state index contributed by atoms with van der Waals surface area (Å²) in [5.74, 6) is -3.56. The molecule has 4 bridgehead atoms. The molecular formula is C55H56Cl2F2N10O12S2. The first kappa shape index (κ1) is 57.7. The minimum absolute atomic E-state index is 0.0248. The Morgan fingerprint density at radius 2 is 1.07 bits per heavy atom. The molecule has 8 aliphatic rings. The largest absolute Gasteiger partial charge is 0.450 e. The number of fused-ring (bicyclic) bond motifs is 6. The van der Waals surface area contributed by atoms with Gasteiger partial charge in [0.15, 0.2) is 19.7 Å². The number of rotatable bonds is 10. The molecule has 2 saturated carbocycles. The van der Waals surface area contributed by atoms with Crippen molar-refractivity contribution < 1.29 is 63.3 Å². The van der Waals surface area contributed by atoms with Crippen molar-refractivity contribution in [2.75, 3.05) is 54.1 Å². The monoisotopic (exact) mass is 1220 g/mol. The van der Waals surface area contributed by atoms with Gasteiger partial charge >= 0.3 is 12.2 Å². The van der Waals surface area contributed by atoms with Crippen LogP contribution in [-0.2, 0) is 62.7 Å². The van der Waals surface area contributed by atoms with Gasteiger partial charge < -0.3 is 49.6 Å². The van der Waals surface area contributed by atoms with Crippen LogP contribution >= 0.6 is 23.2 Å². The molecule has 14 rings (SSSR count). The zero-order valence-electron chi connectivity index (χ0n) is 45.0. The lowest BCUT2D eigenvalue weighted by atomic mass is 9.58. The number of nitrogens with two attached hydrogens (primary N) is 2. The van der Waals surface area contributed by atoms with E-state index in [9.17, 15) is 36.0 Å². The van der Waals surface area contributed by atoms with Crippen LogP contribution in [0.1, 0.15) is 69.4 Å². The number of anilines is 2. The predicted molar refractivity (Wildman–Crippen MR) is 295 cm³/mol. The van der Waals surface area contributed by atoms with Crippen molar-refractivity contribution >= 4 is 78.3 Å². The standard InChI is InChI=1S/C28H29ClFN5O6S.C27H27ClFN5O6S/c1-15(2)40-27(37)34-11-17-9-28(10-17,14-34)26-32-24(33-41-26)19-7-22-23(8-20(19)30)42(38,39)13-21(31)25(36)35(22)12-16-3-5-18(29)6-4-16;1-2-39-26(36)33-11-16-9-27(10-16,14-33)25-31-23(32-40-25)18-7-21-22(8-19(18)29)41(37,38)13-20(30)24(35)34(21)12-15-3-5-17(28)6-4-15/h3-8,15,17,21H,9-14,31H2,1-2H3;3-8,16,20H,2,9-14,30H2,1H3/t17?,21-,28?;16?,20-,27?/m00/s1. The van der Waals surface area contributed by atoms with E-state index in [1.807, 2.05) is 0 Å². The molecule has 438 valence electrons. The van der Waals surface area contributed by atoms with Crippen molar-refractivity contribution in [3.05, 3.63) is 117 Å². The van der Waals surface area contributed by atoms with Crippen LogP contribution in [0.2, 0.25) is 10.0 Å². The van der Waals surface area contributed by atoms with E-state index in [0.717, 1.165) is 37.8 Å². The van der Waals surface area contributed by atoms with Gasteiger partial charge in [0.2, 0.25) is 35.2 Å². The van der Waals surface area contributed by atoms with E-state index in [4.69, 9.17) is 53.2 Å². The van der Waals surface area contributed by atoms with E-state index in [1.165, 1.54) is 21.9 Å². The number of hydrogen-bond donors (Lipinski definition) is 2. The summed E-state index contributed by atoms with van der Waals surface area (Å²) in [6, 6.07) is 14.9. The molecule has 4 N–H and O–H groups in total. The van der Waals surface area contributed by atoms with Gasteiger partial charge in [0.1, 0.15) is 11.6 Å². The molecule has 0 spiro atoms. The van der Waals surface area contributed by atoms with Gasteiger partial charge in [-0.2, -0.15) is 9.97 Å². The van der Waals surface area contributed by atoms with Gasteiger partial charge in [0.25, 0.3) is 0 Å². The Bertz CT molecular complexity index is 3800. The quantitative estimate of drug-likeness (QED) is 0.140. The van der Waals surface area contributed by atoms with Crippen LogP contribution in [-0.4, -0.2) is 133 Å². The fraction of sp³-hybridized carbons (Fsp3) is 0.418. The molecule has 4 aromatic carbocycles. The molecule has 2 atom stereocenters. The van der Waals surface area contributed by atoms with E-state index in [1.54, 1.807) is 79.1 Å². The zero-order valence-corrected chi connectivity index (χ0v) is 48.1. The Kier molecular flexibility index (Phi) is 15.2. The molecular weight excluding hydrogens is 1170 g/mol. The van der Waals surface area contributed by atoms with Crippen LogP contribution in [0.4, 0.5) is 29.7 Å². The summed E-state index contributed by atoms with van der Waals surface area (Å²) in [6.45, 7) is 7.30. The van der Waals surface area contributed by atoms with Crippen molar-refractivity contribution in [2.24, 2.45) is 23.3 Å². The number of nitrogens with zero attached hydrogens (tertiary/aromatic N) is 8. The number of aromatic nitrogens is 4. The Morgan fingerprint density at radius 3 is 1.46 bits per heavy atom. The molecule has 4 saturated heterocycles. The number of carbonyl (C=O) groups excluding carboxylic acids is 4. The number of hydrogen-bond acceptors (Lipinski definition) is 18. The number of ether oxygens (including phenoxy) is 2. The first-order chi connectivity index (χ1) is 39.3. The summed E-state index contributed by atoms with van der Waals surface area (Å²) in [5, 5.41) is 9.01. The van der Waals surface area contributed by atoms with Crippen molar-refractivity contribution in [3.8, 4) is 22.8 Å². The molecule has 6 aromatic rings. The SMILES string of the molecule is CC(C)OC(=O)N1CC2CC(c3nc(-c4cc5c(cc4F)S(=O)(=O)C[C@H](N)C(=O)N5Cc4ccc(Cl)cc4)no3)(C2)C1.CCOC(=O)N1CC2CC(c3nc(-c4cc5c(cc4F)S(=O)(=O)C[C@H](N)C(=O)N5Cc4ccc(Cl)cc4)no3)(C2)C1. The smallest absolute Gasteiger partial charge is 0.410 e. The second kappa shape index (κ2) is 21.8. The van der Waals surface area contributed by atoms with Crippen LogP contribution in [0.3, 0.4) is 0 Å². The van der Waals surface area contributed by atoms with Gasteiger partial charge in [0, 0.05) is 36.2 Å². The number of sulfone groups is 2. The first-order valence-corrected chi connectivity index (χ1v) is 30.7. The maximum atomic E-state index is 15.6. The van der Waals surface area contributed by atoms with Crippen LogP contribution in [0.5, 0.6) is 0 Å². The average Bonchev–Trinajstić information content (AvgIpc) is 2.81. The Balaban J connectivity index is 0.000000174. The topological polar surface area (TPSA) is 298 Å². The molecule has 2 aliphatic carbocycles. The van der Waals surface area contributed by atoms with Crippen LogP contribution < -0.4 is 21.3 Å². The predicted octanol–water partition coefficient (Wildman–Crippen LogP) is 6.98. The number of carbonyl (C=O) groups is 4. The third-order valence-electron chi connectivity index (χ3n) is 15.8. The van der Waals surface area contributed by atoms with Crippen molar-refractivity contribution in [1.82, 2.24) is 30.1 Å². The van der Waals surface area contributed by atoms with Crippen molar-refractivity contribution in [3.63, 3.8) is 0 Å². The lowest BCUT2D eigenvalue weighted by molar-refractivity contribution is -0.120. The van der Waals surface area contributed by atoms with Gasteiger partial charge in [0.05, 0.1) is 92.5 Å². The van der Waals surface area contributed by atoms with Crippen LogP contribution in [0.25, 0.3) is 22.8 Å². The molecule has 6 aliphatic heterocycles. The molecule has 0 radical (unpaired) electrons. The highest BCUT2D eigenvalue weighted by molar-refractivity contribution is 7.92. The Morgan fingerprint density at radius 1 is 0.675 bits per heavy atom. The van der Waals surface area contributed by atoms with Crippen LogP contribution in [0.15, 0.2) is 91.6 Å². The minimum atomic E-state index is -4.11. The number of amides is 4. The van der Waals surface area contributed by atoms with E-state index in [2.05, 4.69) is 20.3 Å². The summed E-state index contributed by atoms with van der Waals surface area (Å²) >= 11 is 12.0. The molecule has 4 amide bonds. The third kappa shape index (κ3) is 11.0. The second-order valence-corrected chi connectivity index (χ2v) is 27.2. The number of piperidine rings is 4.